The maximum Gasteiger partial charge on any atom is 0.287 e. The summed E-state index contributed by atoms with van der Waals surface area (Å²) >= 11 is 0. The van der Waals surface area contributed by atoms with Crippen LogP contribution in [0.15, 0.2) is 28.7 Å². The van der Waals surface area contributed by atoms with Crippen molar-refractivity contribution in [3.8, 4) is 0 Å². The van der Waals surface area contributed by atoms with E-state index in [9.17, 15) is 14.9 Å². The first kappa shape index (κ1) is 14.2. The summed E-state index contributed by atoms with van der Waals surface area (Å²) in [6.45, 7) is 3.12. The third-order valence-corrected chi connectivity index (χ3v) is 4.91. The van der Waals surface area contributed by atoms with E-state index in [-0.39, 0.29) is 23.4 Å². The average Bonchev–Trinajstić information content (AvgIpc) is 2.99. The number of fused-ring (bicyclic) bond motifs is 4. The largest absolute Gasteiger partial charge is 0.451 e. The molecular weight excluding hydrogens is 298 g/mol. The minimum Gasteiger partial charge on any atom is -0.451 e. The van der Waals surface area contributed by atoms with E-state index in [2.05, 4.69) is 10.2 Å². The van der Waals surface area contributed by atoms with Gasteiger partial charge in [0.15, 0.2) is 5.76 Å². The highest BCUT2D eigenvalue weighted by molar-refractivity contribution is 5.96. The van der Waals surface area contributed by atoms with Crippen LogP contribution >= 0.6 is 0 Å². The molecule has 3 saturated heterocycles. The van der Waals surface area contributed by atoms with E-state index in [1.807, 2.05) is 0 Å². The number of benzene rings is 1. The van der Waals surface area contributed by atoms with E-state index < -0.39 is 4.92 Å². The first-order chi connectivity index (χ1) is 11.1. The van der Waals surface area contributed by atoms with Gasteiger partial charge in [0.2, 0.25) is 0 Å². The molecule has 1 atom stereocenters. The molecule has 23 heavy (non-hydrogen) atoms. The lowest BCUT2D eigenvalue weighted by Gasteiger charge is -2.44. The highest BCUT2D eigenvalue weighted by Crippen LogP contribution is 2.28. The van der Waals surface area contributed by atoms with Crippen molar-refractivity contribution in [2.45, 2.75) is 18.9 Å². The van der Waals surface area contributed by atoms with Crippen LogP contribution in [-0.2, 0) is 0 Å². The van der Waals surface area contributed by atoms with Crippen LogP contribution in [0.3, 0.4) is 0 Å². The van der Waals surface area contributed by atoms with Crippen molar-refractivity contribution < 1.29 is 14.1 Å². The number of piperidine rings is 3. The number of carbonyl (C=O) groups is 1. The van der Waals surface area contributed by atoms with Gasteiger partial charge >= 0.3 is 0 Å². The minimum absolute atomic E-state index is 0.0114. The van der Waals surface area contributed by atoms with Gasteiger partial charge in [-0.2, -0.15) is 0 Å². The number of amides is 1. The van der Waals surface area contributed by atoms with Gasteiger partial charge in [0.25, 0.3) is 11.6 Å². The van der Waals surface area contributed by atoms with Crippen LogP contribution in [0.4, 0.5) is 5.69 Å². The van der Waals surface area contributed by atoms with E-state index in [4.69, 9.17) is 4.42 Å². The van der Waals surface area contributed by atoms with E-state index in [1.54, 1.807) is 6.07 Å². The van der Waals surface area contributed by atoms with Gasteiger partial charge in [-0.1, -0.05) is 0 Å². The number of hydrogen-bond donors (Lipinski definition) is 1. The number of nitrogens with one attached hydrogen (secondary N) is 1. The molecule has 3 aliphatic heterocycles. The Kier molecular flexibility index (Phi) is 3.30. The molecule has 1 aromatic heterocycles. The molecule has 3 aliphatic rings. The number of hydrogen-bond acceptors (Lipinski definition) is 5. The topological polar surface area (TPSA) is 88.6 Å². The fraction of sp³-hybridized carbons (Fsp3) is 0.438. The third-order valence-electron chi connectivity index (χ3n) is 4.91. The van der Waals surface area contributed by atoms with Crippen LogP contribution in [0.5, 0.6) is 0 Å². The second kappa shape index (κ2) is 5.34. The first-order valence-electron chi connectivity index (χ1n) is 7.81. The number of nitro benzene ring substituents is 1. The second-order valence-corrected chi connectivity index (χ2v) is 6.31. The Morgan fingerprint density at radius 2 is 2.09 bits per heavy atom. The molecule has 1 N–H and O–H groups in total. The monoisotopic (exact) mass is 315 g/mol. The molecule has 2 bridgehead atoms. The quantitative estimate of drug-likeness (QED) is 0.692. The Morgan fingerprint density at radius 1 is 1.30 bits per heavy atom. The predicted molar refractivity (Wildman–Crippen MR) is 83.3 cm³/mol. The molecule has 1 unspecified atom stereocenters. The molecule has 0 aliphatic carbocycles. The van der Waals surface area contributed by atoms with Crippen molar-refractivity contribution in [1.82, 2.24) is 10.2 Å². The van der Waals surface area contributed by atoms with Crippen molar-refractivity contribution in [1.29, 1.82) is 0 Å². The van der Waals surface area contributed by atoms with Crippen molar-refractivity contribution >= 4 is 22.6 Å². The van der Waals surface area contributed by atoms with E-state index in [0.29, 0.717) is 16.9 Å². The molecule has 0 spiro atoms. The van der Waals surface area contributed by atoms with Gasteiger partial charge < -0.3 is 14.6 Å². The molecule has 7 nitrogen and oxygen atoms in total. The molecule has 5 rings (SSSR count). The first-order valence-corrected chi connectivity index (χ1v) is 7.81. The van der Waals surface area contributed by atoms with Crippen molar-refractivity contribution in [2.24, 2.45) is 5.92 Å². The zero-order chi connectivity index (χ0) is 16.0. The zero-order valence-electron chi connectivity index (χ0n) is 12.5. The molecule has 120 valence electrons. The number of non-ortho nitro benzene ring substituents is 1. The molecule has 0 saturated carbocycles. The third kappa shape index (κ3) is 2.57. The van der Waals surface area contributed by atoms with Crippen molar-refractivity contribution in [3.05, 3.63) is 40.1 Å². The van der Waals surface area contributed by atoms with Crippen LogP contribution in [-0.4, -0.2) is 41.4 Å². The number of nitro groups is 1. The van der Waals surface area contributed by atoms with Crippen molar-refractivity contribution in [2.75, 3.05) is 19.6 Å². The van der Waals surface area contributed by atoms with Gasteiger partial charge in [0, 0.05) is 30.1 Å². The summed E-state index contributed by atoms with van der Waals surface area (Å²) in [7, 11) is 0. The van der Waals surface area contributed by atoms with E-state index >= 15 is 0 Å². The number of carbonyl (C=O) groups excluding carboxylic acids is 1. The average molecular weight is 315 g/mol. The van der Waals surface area contributed by atoms with Gasteiger partial charge in [-0.05, 0) is 44.0 Å². The van der Waals surface area contributed by atoms with Gasteiger partial charge in [-0.3, -0.25) is 14.9 Å². The maximum atomic E-state index is 12.4. The van der Waals surface area contributed by atoms with Crippen molar-refractivity contribution in [3.63, 3.8) is 0 Å². The Bertz CT molecular complexity index is 777. The zero-order valence-corrected chi connectivity index (χ0v) is 12.5. The molecule has 0 radical (unpaired) electrons. The number of nitrogens with zero attached hydrogens (tertiary/aromatic N) is 2. The molecule has 4 heterocycles. The van der Waals surface area contributed by atoms with Gasteiger partial charge in [-0.25, -0.2) is 0 Å². The Labute approximate surface area is 132 Å². The summed E-state index contributed by atoms with van der Waals surface area (Å²) in [4.78, 5) is 25.1. The van der Waals surface area contributed by atoms with Gasteiger partial charge in [-0.15, -0.1) is 0 Å². The lowest BCUT2D eigenvalue weighted by atomic mass is 9.84. The summed E-state index contributed by atoms with van der Waals surface area (Å²) in [5.41, 5.74) is 0.470. The summed E-state index contributed by atoms with van der Waals surface area (Å²) in [5.74, 6) is 0.494. The lowest BCUT2D eigenvalue weighted by molar-refractivity contribution is -0.384. The molecule has 1 amide bonds. The standard InChI is InChI=1S/C16H17N3O4/c20-16(17-13-9-18-5-3-10(13)4-6-18)15-8-11-7-12(19(21)22)1-2-14(11)23-15/h1-2,7-8,10,13H,3-6,9H2,(H,17,20). The van der Waals surface area contributed by atoms with Gasteiger partial charge in [0.05, 0.1) is 4.92 Å². The Hall–Kier alpha value is -2.41. The van der Waals surface area contributed by atoms with Gasteiger partial charge in [0.1, 0.15) is 5.58 Å². The summed E-state index contributed by atoms with van der Waals surface area (Å²) in [5, 5.41) is 14.4. The van der Waals surface area contributed by atoms with E-state index in [0.717, 1.165) is 32.5 Å². The predicted octanol–water partition coefficient (Wildman–Crippen LogP) is 2.17. The lowest BCUT2D eigenvalue weighted by Crippen LogP contribution is -2.57. The fourth-order valence-corrected chi connectivity index (χ4v) is 3.62. The van der Waals surface area contributed by atoms with Crippen LogP contribution in [0.2, 0.25) is 0 Å². The summed E-state index contributed by atoms with van der Waals surface area (Å²) in [6, 6.07) is 6.05. The smallest absolute Gasteiger partial charge is 0.287 e. The van der Waals surface area contributed by atoms with Crippen LogP contribution < -0.4 is 5.32 Å². The molecular formula is C16H17N3O4. The fourth-order valence-electron chi connectivity index (χ4n) is 3.62. The molecule has 1 aromatic carbocycles. The maximum absolute atomic E-state index is 12.4. The molecule has 3 fully saturated rings. The van der Waals surface area contributed by atoms with Crippen LogP contribution in [0.25, 0.3) is 11.0 Å². The summed E-state index contributed by atoms with van der Waals surface area (Å²) < 4.78 is 5.54. The molecule has 7 heteroatoms. The SMILES string of the molecule is O=C(NC1CN2CCC1CC2)c1cc2cc([N+](=O)[O-])ccc2o1. The highest BCUT2D eigenvalue weighted by Gasteiger charge is 2.35. The van der Waals surface area contributed by atoms with Crippen LogP contribution in [0.1, 0.15) is 23.4 Å². The summed E-state index contributed by atoms with van der Waals surface area (Å²) in [6.07, 6.45) is 2.24. The molecule has 2 aromatic rings. The normalized spacial score (nSPS) is 26.3. The minimum atomic E-state index is -0.459. The Balaban J connectivity index is 1.54. The van der Waals surface area contributed by atoms with Crippen LogP contribution in [0, 0.1) is 16.0 Å². The Morgan fingerprint density at radius 3 is 2.74 bits per heavy atom. The number of furan rings is 1. The van der Waals surface area contributed by atoms with E-state index in [1.165, 1.54) is 18.2 Å². The second-order valence-electron chi connectivity index (χ2n) is 6.31. The highest BCUT2D eigenvalue weighted by atomic mass is 16.6. The number of rotatable bonds is 3.